The number of nitrogens with one attached hydrogen (secondary N) is 2. The molecule has 172 valence electrons. The van der Waals surface area contributed by atoms with Gasteiger partial charge in [0.1, 0.15) is 12.4 Å². The number of benzene rings is 1. The molecule has 1 aliphatic heterocycles. The van der Waals surface area contributed by atoms with E-state index in [0.29, 0.717) is 30.2 Å². The molecular formula is C24H37N3O4. The van der Waals surface area contributed by atoms with Crippen LogP contribution in [0.5, 0.6) is 5.75 Å². The average Bonchev–Trinajstić information content (AvgIpc) is 2.79. The minimum Gasteiger partial charge on any atom is -0.491 e. The highest BCUT2D eigenvalue weighted by Crippen LogP contribution is 2.28. The molecule has 7 heteroatoms. The summed E-state index contributed by atoms with van der Waals surface area (Å²) >= 11 is 0. The van der Waals surface area contributed by atoms with Crippen LogP contribution in [-0.4, -0.2) is 62.7 Å². The van der Waals surface area contributed by atoms with E-state index in [1.54, 1.807) is 31.2 Å². The number of nitrogens with zero attached hydrogens (tertiary/aromatic N) is 1. The minimum atomic E-state index is -0.140. The molecule has 2 aliphatic rings. The summed E-state index contributed by atoms with van der Waals surface area (Å²) in [5.74, 6) is 0.728. The molecule has 0 saturated heterocycles. The lowest BCUT2D eigenvalue weighted by Gasteiger charge is -2.30. The molecule has 1 aromatic rings. The third-order valence-electron chi connectivity index (χ3n) is 6.47. The lowest BCUT2D eigenvalue weighted by Crippen LogP contribution is -2.44. The second-order valence-corrected chi connectivity index (χ2v) is 9.09. The number of fused-ring (bicyclic) bond motifs is 1. The van der Waals surface area contributed by atoms with E-state index in [1.165, 1.54) is 6.42 Å². The first-order chi connectivity index (χ1) is 14.9. The molecule has 0 bridgehead atoms. The van der Waals surface area contributed by atoms with E-state index < -0.39 is 0 Å². The highest BCUT2D eigenvalue weighted by Gasteiger charge is 2.26. The summed E-state index contributed by atoms with van der Waals surface area (Å²) in [6, 6.07) is 5.47. The summed E-state index contributed by atoms with van der Waals surface area (Å²) in [4.78, 5) is 27.7. The SMILES string of the molecule is CO[C@@H]1CN(C)C(=O)c2cc(NC(=O)C3CCCCC3)ccc2OC[C@@H](C)NC[C@@H]1C. The molecule has 1 aromatic carbocycles. The van der Waals surface area contributed by atoms with E-state index in [1.807, 2.05) is 6.07 Å². The van der Waals surface area contributed by atoms with Crippen LogP contribution < -0.4 is 15.4 Å². The monoisotopic (exact) mass is 431 g/mol. The molecule has 2 amide bonds. The second-order valence-electron chi connectivity index (χ2n) is 9.09. The Balaban J connectivity index is 1.83. The van der Waals surface area contributed by atoms with E-state index in [0.717, 1.165) is 32.2 Å². The normalized spacial score (nSPS) is 26.3. The Kier molecular flexibility index (Phi) is 8.32. The number of hydrogen-bond acceptors (Lipinski definition) is 5. The van der Waals surface area contributed by atoms with Crippen molar-refractivity contribution in [1.82, 2.24) is 10.2 Å². The zero-order valence-electron chi connectivity index (χ0n) is 19.3. The first-order valence-electron chi connectivity index (χ1n) is 11.5. The van der Waals surface area contributed by atoms with Gasteiger partial charge in [-0.3, -0.25) is 9.59 Å². The van der Waals surface area contributed by atoms with Crippen LogP contribution in [-0.2, 0) is 9.53 Å². The summed E-state index contributed by atoms with van der Waals surface area (Å²) in [5.41, 5.74) is 1.09. The van der Waals surface area contributed by atoms with Crippen molar-refractivity contribution in [3.05, 3.63) is 23.8 Å². The fourth-order valence-electron chi connectivity index (χ4n) is 4.35. The number of ether oxygens (including phenoxy) is 2. The van der Waals surface area contributed by atoms with Crippen LogP contribution in [0.4, 0.5) is 5.69 Å². The fraction of sp³-hybridized carbons (Fsp3) is 0.667. The molecule has 3 rings (SSSR count). The van der Waals surface area contributed by atoms with Crippen molar-refractivity contribution in [2.45, 2.75) is 58.1 Å². The smallest absolute Gasteiger partial charge is 0.257 e. The van der Waals surface area contributed by atoms with Gasteiger partial charge in [0.15, 0.2) is 0 Å². The van der Waals surface area contributed by atoms with Crippen LogP contribution in [0.3, 0.4) is 0 Å². The maximum Gasteiger partial charge on any atom is 0.257 e. The predicted octanol–water partition coefficient (Wildman–Crippen LogP) is 3.30. The molecule has 1 aliphatic carbocycles. The Hall–Kier alpha value is -2.12. The predicted molar refractivity (Wildman–Crippen MR) is 122 cm³/mol. The highest BCUT2D eigenvalue weighted by molar-refractivity contribution is 5.99. The van der Waals surface area contributed by atoms with Crippen molar-refractivity contribution < 1.29 is 19.1 Å². The number of amides is 2. The largest absolute Gasteiger partial charge is 0.491 e. The number of hydrogen-bond donors (Lipinski definition) is 2. The summed E-state index contributed by atoms with van der Waals surface area (Å²) in [6.07, 6.45) is 5.20. The molecule has 1 saturated carbocycles. The van der Waals surface area contributed by atoms with Crippen LogP contribution in [0, 0.1) is 11.8 Å². The molecule has 0 aromatic heterocycles. The van der Waals surface area contributed by atoms with Gasteiger partial charge in [0, 0.05) is 44.9 Å². The number of anilines is 1. The number of carbonyl (C=O) groups is 2. The van der Waals surface area contributed by atoms with Gasteiger partial charge in [-0.1, -0.05) is 26.2 Å². The third kappa shape index (κ3) is 6.20. The second kappa shape index (κ2) is 11.0. The molecule has 0 unspecified atom stereocenters. The standard InChI is InChI=1S/C24H37N3O4/c1-16-13-25-17(2)15-31-21-11-10-19(26-23(28)18-8-6-5-7-9-18)12-20(21)24(29)27(3)14-22(16)30-4/h10-12,16-18,22,25H,5-9,13-15H2,1-4H3,(H,26,28)/t16-,17+,22+/m0/s1. The Labute approximate surface area is 185 Å². The minimum absolute atomic E-state index is 0.0422. The molecular weight excluding hydrogens is 394 g/mol. The summed E-state index contributed by atoms with van der Waals surface area (Å²) in [7, 11) is 3.46. The van der Waals surface area contributed by atoms with Crippen LogP contribution in [0.2, 0.25) is 0 Å². The van der Waals surface area contributed by atoms with Crippen molar-refractivity contribution in [2.24, 2.45) is 11.8 Å². The highest BCUT2D eigenvalue weighted by atomic mass is 16.5. The molecule has 1 fully saturated rings. The van der Waals surface area contributed by atoms with E-state index in [2.05, 4.69) is 24.5 Å². The molecule has 2 N–H and O–H groups in total. The maximum atomic E-state index is 13.3. The van der Waals surface area contributed by atoms with Crippen molar-refractivity contribution in [3.63, 3.8) is 0 Å². The molecule has 31 heavy (non-hydrogen) atoms. The van der Waals surface area contributed by atoms with Crippen molar-refractivity contribution in [2.75, 3.05) is 39.2 Å². The van der Waals surface area contributed by atoms with Gasteiger partial charge in [-0.2, -0.15) is 0 Å². The quantitative estimate of drug-likeness (QED) is 0.768. The first-order valence-corrected chi connectivity index (χ1v) is 11.5. The van der Waals surface area contributed by atoms with Gasteiger partial charge >= 0.3 is 0 Å². The summed E-state index contributed by atoms with van der Waals surface area (Å²) in [5, 5.41) is 6.50. The Bertz CT molecular complexity index is 763. The van der Waals surface area contributed by atoms with E-state index in [9.17, 15) is 9.59 Å². The van der Waals surface area contributed by atoms with Gasteiger partial charge in [0.2, 0.25) is 5.91 Å². The third-order valence-corrected chi connectivity index (χ3v) is 6.47. The van der Waals surface area contributed by atoms with E-state index in [-0.39, 0.29) is 35.8 Å². The molecule has 0 spiro atoms. The lowest BCUT2D eigenvalue weighted by molar-refractivity contribution is -0.120. The van der Waals surface area contributed by atoms with E-state index >= 15 is 0 Å². The molecule has 1 heterocycles. The number of carbonyl (C=O) groups excluding carboxylic acids is 2. The van der Waals surface area contributed by atoms with E-state index in [4.69, 9.17) is 9.47 Å². The van der Waals surface area contributed by atoms with Crippen LogP contribution in [0.1, 0.15) is 56.3 Å². The number of rotatable bonds is 3. The van der Waals surface area contributed by atoms with Crippen LogP contribution >= 0.6 is 0 Å². The zero-order valence-corrected chi connectivity index (χ0v) is 19.3. The zero-order chi connectivity index (χ0) is 22.4. The fourth-order valence-corrected chi connectivity index (χ4v) is 4.35. The number of likely N-dealkylation sites (N-methyl/N-ethyl adjacent to an activating group) is 1. The topological polar surface area (TPSA) is 79.9 Å². The van der Waals surface area contributed by atoms with Gasteiger partial charge < -0.3 is 25.0 Å². The summed E-state index contributed by atoms with van der Waals surface area (Å²) in [6.45, 7) is 5.88. The maximum absolute atomic E-state index is 13.3. The summed E-state index contributed by atoms with van der Waals surface area (Å²) < 4.78 is 11.7. The van der Waals surface area contributed by atoms with Crippen LogP contribution in [0.25, 0.3) is 0 Å². The van der Waals surface area contributed by atoms with Crippen molar-refractivity contribution >= 4 is 17.5 Å². The lowest BCUT2D eigenvalue weighted by atomic mass is 9.88. The van der Waals surface area contributed by atoms with Crippen molar-refractivity contribution in [1.29, 1.82) is 0 Å². The first kappa shape index (κ1) is 23.5. The molecule has 0 radical (unpaired) electrons. The molecule has 3 atom stereocenters. The average molecular weight is 432 g/mol. The van der Waals surface area contributed by atoms with Gasteiger partial charge in [0.05, 0.1) is 11.7 Å². The van der Waals surface area contributed by atoms with Crippen molar-refractivity contribution in [3.8, 4) is 5.75 Å². The van der Waals surface area contributed by atoms with Crippen LogP contribution in [0.15, 0.2) is 18.2 Å². The number of methoxy groups -OCH3 is 1. The van der Waals surface area contributed by atoms with Gasteiger partial charge in [-0.15, -0.1) is 0 Å². The molecule has 7 nitrogen and oxygen atoms in total. The van der Waals surface area contributed by atoms with Gasteiger partial charge in [-0.25, -0.2) is 0 Å². The van der Waals surface area contributed by atoms with Gasteiger partial charge in [0.25, 0.3) is 5.91 Å². The van der Waals surface area contributed by atoms with Gasteiger partial charge in [-0.05, 0) is 43.9 Å². The Morgan fingerprint density at radius 1 is 1.23 bits per heavy atom. The Morgan fingerprint density at radius 2 is 1.97 bits per heavy atom. The Morgan fingerprint density at radius 3 is 2.68 bits per heavy atom.